The van der Waals surface area contributed by atoms with Gasteiger partial charge in [-0.15, -0.1) is 0 Å². The van der Waals surface area contributed by atoms with Crippen molar-refractivity contribution >= 4 is 51.0 Å². The van der Waals surface area contributed by atoms with Crippen LogP contribution in [0.5, 0.6) is 0 Å². The Kier molecular flexibility index (Phi) is 7.47. The van der Waals surface area contributed by atoms with Crippen molar-refractivity contribution in [2.75, 3.05) is 5.32 Å². The van der Waals surface area contributed by atoms with Gasteiger partial charge in [0.2, 0.25) is 0 Å². The Morgan fingerprint density at radius 3 is 2.39 bits per heavy atom. The predicted octanol–water partition coefficient (Wildman–Crippen LogP) is 4.97. The molecule has 3 aromatic rings. The van der Waals surface area contributed by atoms with Crippen LogP contribution in [0.15, 0.2) is 83.0 Å². The van der Waals surface area contributed by atoms with Crippen molar-refractivity contribution in [3.8, 4) is 0 Å². The van der Waals surface area contributed by atoms with E-state index in [9.17, 15) is 24.5 Å². The van der Waals surface area contributed by atoms with Crippen LogP contribution in [0.25, 0.3) is 6.08 Å². The number of rotatable bonds is 7. The minimum Gasteiger partial charge on any atom is -0.321 e. The number of nitro benzene ring substituents is 1. The summed E-state index contributed by atoms with van der Waals surface area (Å²) in [5.41, 5.74) is 1.12. The molecule has 3 aromatic carbocycles. The first kappa shape index (κ1) is 23.6. The molecule has 0 aliphatic carbocycles. The molecule has 0 atom stereocenters. The number of carbonyl (C=O) groups is 3. The largest absolute Gasteiger partial charge is 0.321 e. The van der Waals surface area contributed by atoms with Crippen molar-refractivity contribution in [2.24, 2.45) is 0 Å². The number of carbonyl (C=O) groups excluding carboxylic acids is 3. The number of nitrogens with one attached hydrogen (secondary N) is 2. The topological polar surface area (TPSA) is 118 Å². The van der Waals surface area contributed by atoms with Crippen molar-refractivity contribution in [3.05, 3.63) is 110 Å². The average Bonchev–Trinajstić information content (AvgIpc) is 2.79. The fourth-order valence-electron chi connectivity index (χ4n) is 2.90. The van der Waals surface area contributed by atoms with E-state index in [1.54, 1.807) is 48.5 Å². The minimum absolute atomic E-state index is 0.135. The summed E-state index contributed by atoms with van der Waals surface area (Å²) in [7, 11) is 0. The normalized spacial score (nSPS) is 10.9. The molecule has 2 N–H and O–H groups in total. The van der Waals surface area contributed by atoms with Gasteiger partial charge >= 0.3 is 0 Å². The standard InChI is InChI=1S/C24H18BrN3O5/c1-15(29)17-7-5-8-18(14-17)26-24(31)22(13-16-6-4-9-19(12-16)28(32)33)27-23(30)20-10-2-3-11-21(20)25/h2-14H,1H3,(H,26,31)(H,27,30). The number of hydrogen-bond donors (Lipinski definition) is 2. The second kappa shape index (κ2) is 10.5. The summed E-state index contributed by atoms with van der Waals surface area (Å²) in [6, 6.07) is 18.7. The number of nitro groups is 1. The summed E-state index contributed by atoms with van der Waals surface area (Å²) in [5.74, 6) is -1.38. The van der Waals surface area contributed by atoms with Crippen LogP contribution in [-0.4, -0.2) is 22.5 Å². The third kappa shape index (κ3) is 6.20. The molecule has 0 aromatic heterocycles. The fourth-order valence-corrected chi connectivity index (χ4v) is 3.37. The Morgan fingerprint density at radius 1 is 0.970 bits per heavy atom. The number of hydrogen-bond acceptors (Lipinski definition) is 5. The molecule has 2 amide bonds. The predicted molar refractivity (Wildman–Crippen MR) is 128 cm³/mol. The number of non-ortho nitro benzene ring substituents is 1. The van der Waals surface area contributed by atoms with E-state index in [4.69, 9.17) is 0 Å². The minimum atomic E-state index is -0.664. The summed E-state index contributed by atoms with van der Waals surface area (Å²) in [5, 5.41) is 16.3. The van der Waals surface area contributed by atoms with E-state index < -0.39 is 16.7 Å². The summed E-state index contributed by atoms with van der Waals surface area (Å²) in [6.07, 6.45) is 1.34. The molecule has 0 unspecified atom stereocenters. The lowest BCUT2D eigenvalue weighted by Crippen LogP contribution is -2.31. The Bertz CT molecular complexity index is 1290. The molecule has 33 heavy (non-hydrogen) atoms. The highest BCUT2D eigenvalue weighted by Crippen LogP contribution is 2.19. The molecule has 0 saturated carbocycles. The van der Waals surface area contributed by atoms with E-state index in [-0.39, 0.29) is 17.2 Å². The van der Waals surface area contributed by atoms with Gasteiger partial charge in [-0.3, -0.25) is 24.5 Å². The third-order valence-electron chi connectivity index (χ3n) is 4.53. The highest BCUT2D eigenvalue weighted by molar-refractivity contribution is 9.10. The van der Waals surface area contributed by atoms with Gasteiger partial charge < -0.3 is 10.6 Å². The van der Waals surface area contributed by atoms with Gasteiger partial charge in [0.05, 0.1) is 10.5 Å². The Labute approximate surface area is 197 Å². The number of ketones is 1. The molecule has 0 aliphatic rings. The maximum Gasteiger partial charge on any atom is 0.272 e. The van der Waals surface area contributed by atoms with Gasteiger partial charge in [-0.05, 0) is 58.8 Å². The number of halogens is 1. The molecule has 0 radical (unpaired) electrons. The summed E-state index contributed by atoms with van der Waals surface area (Å²) in [6.45, 7) is 1.41. The van der Waals surface area contributed by atoms with E-state index in [0.717, 1.165) is 0 Å². The number of nitrogens with zero attached hydrogens (tertiary/aromatic N) is 1. The van der Waals surface area contributed by atoms with Gasteiger partial charge in [0.1, 0.15) is 5.70 Å². The Morgan fingerprint density at radius 2 is 1.70 bits per heavy atom. The zero-order chi connectivity index (χ0) is 24.0. The second-order valence-electron chi connectivity index (χ2n) is 6.94. The van der Waals surface area contributed by atoms with Gasteiger partial charge in [-0.25, -0.2) is 0 Å². The van der Waals surface area contributed by atoms with E-state index in [1.807, 2.05) is 0 Å². The van der Waals surface area contributed by atoms with Crippen molar-refractivity contribution in [3.63, 3.8) is 0 Å². The van der Waals surface area contributed by atoms with E-state index in [0.29, 0.717) is 26.9 Å². The van der Waals surface area contributed by atoms with Gasteiger partial charge in [0.15, 0.2) is 5.78 Å². The number of amides is 2. The Hall–Kier alpha value is -4.11. The number of anilines is 1. The molecule has 0 aliphatic heterocycles. The first-order chi connectivity index (χ1) is 15.7. The molecule has 9 heteroatoms. The molecular weight excluding hydrogens is 490 g/mol. The van der Waals surface area contributed by atoms with E-state index in [2.05, 4.69) is 26.6 Å². The molecule has 0 saturated heterocycles. The lowest BCUT2D eigenvalue weighted by atomic mass is 10.1. The SMILES string of the molecule is CC(=O)c1cccc(NC(=O)C(=Cc2cccc([N+](=O)[O-])c2)NC(=O)c2ccccc2Br)c1. The summed E-state index contributed by atoms with van der Waals surface area (Å²) >= 11 is 3.30. The fraction of sp³-hybridized carbons (Fsp3) is 0.0417. The molecule has 0 spiro atoms. The van der Waals surface area contributed by atoms with Crippen LogP contribution in [0.4, 0.5) is 11.4 Å². The third-order valence-corrected chi connectivity index (χ3v) is 5.22. The lowest BCUT2D eigenvalue weighted by Gasteiger charge is -2.12. The molecule has 0 bridgehead atoms. The summed E-state index contributed by atoms with van der Waals surface area (Å²) in [4.78, 5) is 48.1. The zero-order valence-electron chi connectivity index (χ0n) is 17.4. The average molecular weight is 508 g/mol. The van der Waals surface area contributed by atoms with Crippen molar-refractivity contribution in [2.45, 2.75) is 6.92 Å². The molecule has 3 rings (SSSR count). The highest BCUT2D eigenvalue weighted by atomic mass is 79.9. The molecular formula is C24H18BrN3O5. The smallest absolute Gasteiger partial charge is 0.272 e. The molecule has 8 nitrogen and oxygen atoms in total. The Balaban J connectivity index is 1.96. The van der Waals surface area contributed by atoms with Crippen LogP contribution < -0.4 is 10.6 Å². The maximum atomic E-state index is 13.0. The van der Waals surface area contributed by atoms with Crippen molar-refractivity contribution < 1.29 is 19.3 Å². The van der Waals surface area contributed by atoms with E-state index >= 15 is 0 Å². The van der Waals surface area contributed by atoms with E-state index in [1.165, 1.54) is 37.3 Å². The van der Waals surface area contributed by atoms with Crippen LogP contribution in [-0.2, 0) is 4.79 Å². The highest BCUT2D eigenvalue weighted by Gasteiger charge is 2.17. The van der Waals surface area contributed by atoms with Crippen molar-refractivity contribution in [1.82, 2.24) is 5.32 Å². The first-order valence-electron chi connectivity index (χ1n) is 9.69. The van der Waals surface area contributed by atoms with Crippen LogP contribution in [0.1, 0.15) is 33.2 Å². The van der Waals surface area contributed by atoms with Crippen LogP contribution >= 0.6 is 15.9 Å². The van der Waals surface area contributed by atoms with Crippen LogP contribution in [0.3, 0.4) is 0 Å². The first-order valence-corrected chi connectivity index (χ1v) is 10.5. The summed E-state index contributed by atoms with van der Waals surface area (Å²) < 4.78 is 0.534. The van der Waals surface area contributed by atoms with Crippen molar-refractivity contribution in [1.29, 1.82) is 0 Å². The molecule has 0 fully saturated rings. The van der Waals surface area contributed by atoms with Gasteiger partial charge in [-0.1, -0.05) is 36.4 Å². The maximum absolute atomic E-state index is 13.0. The second-order valence-corrected chi connectivity index (χ2v) is 7.79. The number of Topliss-reactive ketones (excluding diaryl/α,β-unsaturated/α-hetero) is 1. The van der Waals surface area contributed by atoms with Gasteiger partial charge in [0, 0.05) is 27.9 Å². The quantitative estimate of drug-likeness (QED) is 0.202. The lowest BCUT2D eigenvalue weighted by molar-refractivity contribution is -0.384. The van der Waals surface area contributed by atoms with Crippen LogP contribution in [0, 0.1) is 10.1 Å². The molecule has 0 heterocycles. The van der Waals surface area contributed by atoms with Gasteiger partial charge in [0.25, 0.3) is 17.5 Å². The van der Waals surface area contributed by atoms with Crippen LogP contribution in [0.2, 0.25) is 0 Å². The van der Waals surface area contributed by atoms with Gasteiger partial charge in [-0.2, -0.15) is 0 Å². The molecule has 166 valence electrons. The number of benzene rings is 3. The monoisotopic (exact) mass is 507 g/mol. The zero-order valence-corrected chi connectivity index (χ0v) is 19.0.